The van der Waals surface area contributed by atoms with Gasteiger partial charge in [-0.15, -0.1) is 0 Å². The summed E-state index contributed by atoms with van der Waals surface area (Å²) in [6.07, 6.45) is 1.62. The van der Waals surface area contributed by atoms with Crippen molar-refractivity contribution in [3.8, 4) is 0 Å². The van der Waals surface area contributed by atoms with Crippen LogP contribution >= 0.6 is 34.8 Å². The molecule has 118 valence electrons. The van der Waals surface area contributed by atoms with Crippen LogP contribution in [0.3, 0.4) is 0 Å². The van der Waals surface area contributed by atoms with Gasteiger partial charge in [0.2, 0.25) is 0 Å². The Morgan fingerprint density at radius 1 is 1.17 bits per heavy atom. The normalized spacial score (nSPS) is 11.0. The van der Waals surface area contributed by atoms with Crippen LogP contribution < -0.4 is 5.32 Å². The molecule has 0 aliphatic rings. The first-order chi connectivity index (χ1) is 11.0. The molecule has 2 aromatic heterocycles. The standard InChI is InChI=1S/C16H12Cl3N3O/c1-9-14(22-8-12(18)6-13(19)15(22)21-9)16(23)20-7-10-2-4-11(17)5-3-10/h2-6,8H,7H2,1H3,(H,20,23). The molecule has 0 radical (unpaired) electrons. The van der Waals surface area contributed by atoms with Crippen LogP contribution in [0.5, 0.6) is 0 Å². The second-order valence-corrected chi connectivity index (χ2v) is 6.33. The zero-order chi connectivity index (χ0) is 16.6. The number of carbonyl (C=O) groups excluding carboxylic acids is 1. The second-order valence-electron chi connectivity index (χ2n) is 5.05. The van der Waals surface area contributed by atoms with Crippen LogP contribution in [-0.2, 0) is 6.54 Å². The number of imidazole rings is 1. The van der Waals surface area contributed by atoms with E-state index < -0.39 is 0 Å². The minimum absolute atomic E-state index is 0.247. The van der Waals surface area contributed by atoms with E-state index in [9.17, 15) is 4.79 Å². The maximum absolute atomic E-state index is 12.5. The topological polar surface area (TPSA) is 46.4 Å². The summed E-state index contributed by atoms with van der Waals surface area (Å²) in [5, 5.41) is 4.36. The first-order valence-electron chi connectivity index (χ1n) is 6.82. The zero-order valence-electron chi connectivity index (χ0n) is 12.1. The van der Waals surface area contributed by atoms with Crippen molar-refractivity contribution in [1.82, 2.24) is 14.7 Å². The third kappa shape index (κ3) is 3.29. The molecule has 3 aromatic rings. The van der Waals surface area contributed by atoms with Gasteiger partial charge in [0.15, 0.2) is 5.65 Å². The molecule has 0 aliphatic heterocycles. The van der Waals surface area contributed by atoms with Crippen molar-refractivity contribution >= 4 is 46.4 Å². The van der Waals surface area contributed by atoms with E-state index in [1.54, 1.807) is 35.7 Å². The molecule has 0 fully saturated rings. The van der Waals surface area contributed by atoms with Gasteiger partial charge in [-0.05, 0) is 30.7 Å². The van der Waals surface area contributed by atoms with E-state index in [0.717, 1.165) is 5.56 Å². The van der Waals surface area contributed by atoms with E-state index in [1.807, 2.05) is 12.1 Å². The van der Waals surface area contributed by atoms with Crippen LogP contribution in [0.1, 0.15) is 21.7 Å². The van der Waals surface area contributed by atoms with E-state index in [1.165, 1.54) is 0 Å². The van der Waals surface area contributed by atoms with E-state index in [0.29, 0.717) is 38.6 Å². The Morgan fingerprint density at radius 2 is 1.87 bits per heavy atom. The third-order valence-corrected chi connectivity index (χ3v) is 4.13. The first kappa shape index (κ1) is 16.1. The number of hydrogen-bond acceptors (Lipinski definition) is 2. The Morgan fingerprint density at radius 3 is 2.57 bits per heavy atom. The number of pyridine rings is 1. The number of halogens is 3. The summed E-state index contributed by atoms with van der Waals surface area (Å²) in [7, 11) is 0. The van der Waals surface area contributed by atoms with Crippen molar-refractivity contribution in [3.63, 3.8) is 0 Å². The summed E-state index contributed by atoms with van der Waals surface area (Å²) >= 11 is 18.0. The molecule has 0 saturated carbocycles. The molecule has 1 aromatic carbocycles. The number of nitrogens with one attached hydrogen (secondary N) is 1. The van der Waals surface area contributed by atoms with Crippen molar-refractivity contribution in [2.24, 2.45) is 0 Å². The second kappa shape index (κ2) is 6.40. The summed E-state index contributed by atoms with van der Waals surface area (Å²) in [5.41, 5.74) is 2.46. The van der Waals surface area contributed by atoms with Gasteiger partial charge in [-0.1, -0.05) is 46.9 Å². The molecule has 23 heavy (non-hydrogen) atoms. The Hall–Kier alpha value is -1.75. The maximum Gasteiger partial charge on any atom is 0.270 e. The molecule has 1 N–H and O–H groups in total. The quantitative estimate of drug-likeness (QED) is 0.738. The molecule has 0 aliphatic carbocycles. The molecule has 0 saturated heterocycles. The molecule has 0 spiro atoms. The van der Waals surface area contributed by atoms with Gasteiger partial charge in [0, 0.05) is 17.8 Å². The highest BCUT2D eigenvalue weighted by molar-refractivity contribution is 6.36. The molecule has 7 heteroatoms. The maximum atomic E-state index is 12.5. The third-order valence-electron chi connectivity index (χ3n) is 3.40. The minimum atomic E-state index is -0.247. The molecule has 2 heterocycles. The highest BCUT2D eigenvalue weighted by atomic mass is 35.5. The SMILES string of the molecule is Cc1nc2c(Cl)cc(Cl)cn2c1C(=O)NCc1ccc(Cl)cc1. The number of carbonyl (C=O) groups is 1. The van der Waals surface area contributed by atoms with Gasteiger partial charge >= 0.3 is 0 Å². The average Bonchev–Trinajstić information content (AvgIpc) is 2.83. The summed E-state index contributed by atoms with van der Waals surface area (Å²) in [4.78, 5) is 16.9. The van der Waals surface area contributed by atoms with Crippen LogP contribution in [0.25, 0.3) is 5.65 Å². The Balaban J connectivity index is 1.89. The van der Waals surface area contributed by atoms with Crippen molar-refractivity contribution in [2.45, 2.75) is 13.5 Å². The summed E-state index contributed by atoms with van der Waals surface area (Å²) in [6.45, 7) is 2.14. The fourth-order valence-electron chi connectivity index (χ4n) is 2.33. The Kier molecular flexibility index (Phi) is 4.48. The summed E-state index contributed by atoms with van der Waals surface area (Å²) in [6, 6.07) is 8.87. The molecule has 4 nitrogen and oxygen atoms in total. The van der Waals surface area contributed by atoms with Crippen LogP contribution in [-0.4, -0.2) is 15.3 Å². The van der Waals surface area contributed by atoms with Crippen LogP contribution in [0.15, 0.2) is 36.5 Å². The van der Waals surface area contributed by atoms with Gasteiger partial charge in [-0.25, -0.2) is 4.98 Å². The van der Waals surface area contributed by atoms with Gasteiger partial charge in [0.25, 0.3) is 5.91 Å². The molecule has 0 unspecified atom stereocenters. The number of rotatable bonds is 3. The number of nitrogens with zero attached hydrogens (tertiary/aromatic N) is 2. The van der Waals surface area contributed by atoms with Crippen LogP contribution in [0.2, 0.25) is 15.1 Å². The lowest BCUT2D eigenvalue weighted by Crippen LogP contribution is -2.25. The lowest BCUT2D eigenvalue weighted by molar-refractivity contribution is 0.0944. The average molecular weight is 369 g/mol. The zero-order valence-corrected chi connectivity index (χ0v) is 14.4. The molecule has 0 atom stereocenters. The number of aryl methyl sites for hydroxylation is 1. The van der Waals surface area contributed by atoms with Crippen molar-refractivity contribution in [3.05, 3.63) is 68.5 Å². The number of fused-ring (bicyclic) bond motifs is 1. The fraction of sp³-hybridized carbons (Fsp3) is 0.125. The smallest absolute Gasteiger partial charge is 0.270 e. The largest absolute Gasteiger partial charge is 0.347 e. The first-order valence-corrected chi connectivity index (χ1v) is 7.95. The fourth-order valence-corrected chi connectivity index (χ4v) is 2.97. The Labute approximate surface area is 148 Å². The number of amides is 1. The van der Waals surface area contributed by atoms with E-state index >= 15 is 0 Å². The van der Waals surface area contributed by atoms with E-state index in [2.05, 4.69) is 10.3 Å². The van der Waals surface area contributed by atoms with Gasteiger partial charge in [0.05, 0.1) is 15.7 Å². The predicted molar refractivity (Wildman–Crippen MR) is 92.6 cm³/mol. The molecule has 0 bridgehead atoms. The number of hydrogen-bond donors (Lipinski definition) is 1. The van der Waals surface area contributed by atoms with Gasteiger partial charge in [-0.3, -0.25) is 9.20 Å². The Bertz CT molecular complexity index is 888. The van der Waals surface area contributed by atoms with Crippen LogP contribution in [0, 0.1) is 6.92 Å². The van der Waals surface area contributed by atoms with E-state index in [-0.39, 0.29) is 5.91 Å². The highest BCUT2D eigenvalue weighted by Crippen LogP contribution is 2.24. The highest BCUT2D eigenvalue weighted by Gasteiger charge is 2.18. The molecule has 3 rings (SSSR count). The predicted octanol–water partition coefficient (Wildman–Crippen LogP) is 4.53. The van der Waals surface area contributed by atoms with Crippen molar-refractivity contribution < 1.29 is 4.79 Å². The number of aromatic nitrogens is 2. The lowest BCUT2D eigenvalue weighted by Gasteiger charge is -2.07. The molecule has 1 amide bonds. The lowest BCUT2D eigenvalue weighted by atomic mass is 10.2. The monoisotopic (exact) mass is 367 g/mol. The van der Waals surface area contributed by atoms with Crippen molar-refractivity contribution in [2.75, 3.05) is 0 Å². The molecular formula is C16H12Cl3N3O. The summed E-state index contributed by atoms with van der Waals surface area (Å²) in [5.74, 6) is -0.247. The number of benzene rings is 1. The van der Waals surface area contributed by atoms with E-state index in [4.69, 9.17) is 34.8 Å². The van der Waals surface area contributed by atoms with Crippen LogP contribution in [0.4, 0.5) is 0 Å². The van der Waals surface area contributed by atoms with Gasteiger partial charge < -0.3 is 5.32 Å². The van der Waals surface area contributed by atoms with Gasteiger partial charge in [-0.2, -0.15) is 0 Å². The van der Waals surface area contributed by atoms with Crippen molar-refractivity contribution in [1.29, 1.82) is 0 Å². The summed E-state index contributed by atoms with van der Waals surface area (Å²) < 4.78 is 1.61. The molecular weight excluding hydrogens is 357 g/mol. The van der Waals surface area contributed by atoms with Gasteiger partial charge in [0.1, 0.15) is 5.69 Å². The minimum Gasteiger partial charge on any atom is -0.347 e.